The summed E-state index contributed by atoms with van der Waals surface area (Å²) in [6, 6.07) is 20.1. The van der Waals surface area contributed by atoms with Gasteiger partial charge in [0, 0.05) is 5.56 Å². The first-order valence-corrected chi connectivity index (χ1v) is 5.35. The maximum Gasteiger partial charge on any atom is 0.252 e. The van der Waals surface area contributed by atoms with Crippen molar-refractivity contribution < 1.29 is 0 Å². The van der Waals surface area contributed by atoms with Gasteiger partial charge in [0.15, 0.2) is 0 Å². The molecule has 2 aromatic rings. The van der Waals surface area contributed by atoms with Crippen molar-refractivity contribution in [1.29, 1.82) is 0 Å². The molecule has 0 fully saturated rings. The number of nitrogens with zero attached hydrogens (tertiary/aromatic N) is 1. The Morgan fingerprint density at radius 3 is 2.00 bits per heavy atom. The van der Waals surface area contributed by atoms with Gasteiger partial charge in [-0.25, -0.2) is 6.57 Å². The minimum atomic E-state index is -0.0661. The van der Waals surface area contributed by atoms with Crippen LogP contribution in [0.1, 0.15) is 17.2 Å². The van der Waals surface area contributed by atoms with Crippen molar-refractivity contribution in [2.24, 2.45) is 0 Å². The molecule has 78 valence electrons. The van der Waals surface area contributed by atoms with Crippen LogP contribution >= 0.6 is 0 Å². The van der Waals surface area contributed by atoms with Gasteiger partial charge in [-0.15, -0.1) is 0 Å². The molecule has 0 aromatic heterocycles. The van der Waals surface area contributed by atoms with Crippen LogP contribution in [0.5, 0.6) is 0 Å². The van der Waals surface area contributed by atoms with Gasteiger partial charge in [0.05, 0.1) is 6.42 Å². The number of benzene rings is 2. The molecule has 2 aromatic carbocycles. The van der Waals surface area contributed by atoms with Crippen LogP contribution in [0.15, 0.2) is 60.7 Å². The SMILES string of the molecule is [C-]#[N+][C@H](Cc1ccccc1)c1ccccc1. The largest absolute Gasteiger partial charge is 0.308 e. The summed E-state index contributed by atoms with van der Waals surface area (Å²) in [6.07, 6.45) is 0.786. The van der Waals surface area contributed by atoms with Crippen LogP contribution in [0.4, 0.5) is 0 Å². The highest BCUT2D eigenvalue weighted by Gasteiger charge is 2.15. The van der Waals surface area contributed by atoms with E-state index >= 15 is 0 Å². The van der Waals surface area contributed by atoms with Crippen molar-refractivity contribution in [3.05, 3.63) is 83.2 Å². The van der Waals surface area contributed by atoms with E-state index in [4.69, 9.17) is 6.57 Å². The van der Waals surface area contributed by atoms with Gasteiger partial charge in [-0.3, -0.25) is 0 Å². The maximum absolute atomic E-state index is 7.27. The molecule has 0 aliphatic rings. The van der Waals surface area contributed by atoms with Crippen LogP contribution in [-0.2, 0) is 6.42 Å². The van der Waals surface area contributed by atoms with Crippen LogP contribution in [0.3, 0.4) is 0 Å². The van der Waals surface area contributed by atoms with E-state index in [2.05, 4.69) is 17.0 Å². The van der Waals surface area contributed by atoms with Crippen molar-refractivity contribution in [2.75, 3.05) is 0 Å². The molecular formula is C15H13N. The molecule has 0 amide bonds. The fourth-order valence-electron chi connectivity index (χ4n) is 1.75. The lowest BCUT2D eigenvalue weighted by molar-refractivity contribution is 0.831. The molecular weight excluding hydrogens is 194 g/mol. The van der Waals surface area contributed by atoms with Gasteiger partial charge >= 0.3 is 0 Å². The normalized spacial score (nSPS) is 11.7. The minimum absolute atomic E-state index is 0.0661. The lowest BCUT2D eigenvalue weighted by atomic mass is 10.00. The molecule has 0 saturated carbocycles. The van der Waals surface area contributed by atoms with Gasteiger partial charge in [-0.05, 0) is 5.56 Å². The molecule has 16 heavy (non-hydrogen) atoms. The summed E-state index contributed by atoms with van der Waals surface area (Å²) in [4.78, 5) is 3.70. The predicted molar refractivity (Wildman–Crippen MR) is 65.9 cm³/mol. The average Bonchev–Trinajstić information content (AvgIpc) is 2.38. The minimum Gasteiger partial charge on any atom is -0.308 e. The van der Waals surface area contributed by atoms with E-state index in [0.717, 1.165) is 12.0 Å². The van der Waals surface area contributed by atoms with E-state index in [9.17, 15) is 0 Å². The molecule has 2 rings (SSSR count). The van der Waals surface area contributed by atoms with E-state index in [0.29, 0.717) is 0 Å². The summed E-state index contributed by atoms with van der Waals surface area (Å²) in [5, 5.41) is 0. The fourth-order valence-corrected chi connectivity index (χ4v) is 1.75. The first-order valence-electron chi connectivity index (χ1n) is 5.35. The molecule has 1 nitrogen and oxygen atoms in total. The number of hydrogen-bond acceptors (Lipinski definition) is 0. The molecule has 0 radical (unpaired) electrons. The van der Waals surface area contributed by atoms with E-state index in [1.54, 1.807) is 0 Å². The van der Waals surface area contributed by atoms with Gasteiger partial charge in [0.2, 0.25) is 0 Å². The molecule has 0 aliphatic heterocycles. The van der Waals surface area contributed by atoms with Crippen LogP contribution in [-0.4, -0.2) is 0 Å². The third kappa shape index (κ3) is 2.49. The third-order valence-electron chi connectivity index (χ3n) is 2.61. The zero-order valence-electron chi connectivity index (χ0n) is 9.01. The van der Waals surface area contributed by atoms with Crippen LogP contribution in [0, 0.1) is 6.57 Å². The second kappa shape index (κ2) is 5.14. The van der Waals surface area contributed by atoms with Crippen molar-refractivity contribution in [3.63, 3.8) is 0 Å². The molecule has 0 spiro atoms. The highest BCUT2D eigenvalue weighted by atomic mass is 14.7. The maximum atomic E-state index is 7.27. The molecule has 1 atom stereocenters. The van der Waals surface area contributed by atoms with E-state index in [1.807, 2.05) is 48.5 Å². The Bertz CT molecular complexity index is 468. The third-order valence-corrected chi connectivity index (χ3v) is 2.61. The first kappa shape index (κ1) is 10.4. The predicted octanol–water partition coefficient (Wildman–Crippen LogP) is 3.89. The van der Waals surface area contributed by atoms with Crippen molar-refractivity contribution >= 4 is 0 Å². The lowest BCUT2D eigenvalue weighted by Gasteiger charge is -2.05. The van der Waals surface area contributed by atoms with E-state index < -0.39 is 0 Å². The molecule has 0 bridgehead atoms. The first-order chi connectivity index (χ1) is 7.90. The second-order valence-corrected chi connectivity index (χ2v) is 3.75. The van der Waals surface area contributed by atoms with Gasteiger partial charge in [0.25, 0.3) is 6.04 Å². The zero-order valence-corrected chi connectivity index (χ0v) is 9.01. The van der Waals surface area contributed by atoms with Gasteiger partial charge < -0.3 is 4.85 Å². The van der Waals surface area contributed by atoms with Crippen molar-refractivity contribution in [2.45, 2.75) is 12.5 Å². The van der Waals surface area contributed by atoms with Crippen molar-refractivity contribution in [1.82, 2.24) is 0 Å². The molecule has 0 aliphatic carbocycles. The van der Waals surface area contributed by atoms with Crippen molar-refractivity contribution in [3.8, 4) is 0 Å². The Labute approximate surface area is 96.2 Å². The summed E-state index contributed by atoms with van der Waals surface area (Å²) in [6.45, 7) is 7.27. The monoisotopic (exact) mass is 207 g/mol. The summed E-state index contributed by atoms with van der Waals surface area (Å²) in [7, 11) is 0. The number of hydrogen-bond donors (Lipinski definition) is 0. The molecule has 0 heterocycles. The van der Waals surface area contributed by atoms with E-state index in [-0.39, 0.29) is 6.04 Å². The van der Waals surface area contributed by atoms with Crippen LogP contribution < -0.4 is 0 Å². The fraction of sp³-hybridized carbons (Fsp3) is 0.133. The Hall–Kier alpha value is -2.07. The van der Waals surface area contributed by atoms with E-state index in [1.165, 1.54) is 5.56 Å². The zero-order chi connectivity index (χ0) is 11.2. The standard InChI is InChI=1S/C15H13N/c1-16-15(14-10-6-3-7-11-14)12-13-8-4-2-5-9-13/h2-11,15H,12H2/t15-/m1/s1. The quantitative estimate of drug-likeness (QED) is 0.672. The van der Waals surface area contributed by atoms with Gasteiger partial charge in [-0.2, -0.15) is 0 Å². The highest BCUT2D eigenvalue weighted by molar-refractivity contribution is 5.25. The summed E-state index contributed by atoms with van der Waals surface area (Å²) in [5.41, 5.74) is 2.31. The molecule has 0 unspecified atom stereocenters. The van der Waals surface area contributed by atoms with Crippen LogP contribution in [0.2, 0.25) is 0 Å². The smallest absolute Gasteiger partial charge is 0.252 e. The Morgan fingerprint density at radius 1 is 0.875 bits per heavy atom. The summed E-state index contributed by atoms with van der Waals surface area (Å²) < 4.78 is 0. The van der Waals surface area contributed by atoms with Crippen LogP contribution in [0.25, 0.3) is 4.85 Å². The molecule has 0 saturated heterocycles. The Kier molecular flexibility index (Phi) is 3.35. The lowest BCUT2D eigenvalue weighted by Crippen LogP contribution is -1.97. The topological polar surface area (TPSA) is 4.36 Å². The molecule has 1 heteroatoms. The Morgan fingerprint density at radius 2 is 1.44 bits per heavy atom. The summed E-state index contributed by atoms with van der Waals surface area (Å²) >= 11 is 0. The van der Waals surface area contributed by atoms with Gasteiger partial charge in [-0.1, -0.05) is 60.7 Å². The molecule has 0 N–H and O–H groups in total. The Balaban J connectivity index is 2.17. The average molecular weight is 207 g/mol. The highest BCUT2D eigenvalue weighted by Crippen LogP contribution is 2.21. The van der Waals surface area contributed by atoms with Gasteiger partial charge in [0.1, 0.15) is 0 Å². The second-order valence-electron chi connectivity index (χ2n) is 3.75. The number of rotatable bonds is 3. The summed E-state index contributed by atoms with van der Waals surface area (Å²) in [5.74, 6) is 0.